The topological polar surface area (TPSA) is 58.9 Å². The van der Waals surface area contributed by atoms with E-state index in [0.29, 0.717) is 23.4 Å². The molecule has 4 nitrogen and oxygen atoms in total. The van der Waals surface area contributed by atoms with Crippen molar-refractivity contribution in [2.45, 2.75) is 19.8 Å². The third-order valence-electron chi connectivity index (χ3n) is 3.24. The van der Waals surface area contributed by atoms with E-state index < -0.39 is 0 Å². The number of hydrogen-bond donors (Lipinski definition) is 1. The number of carbonyl (C=O) groups excluding carboxylic acids is 1. The first kappa shape index (κ1) is 19.2. The van der Waals surface area contributed by atoms with Crippen molar-refractivity contribution in [3.63, 3.8) is 0 Å². The van der Waals surface area contributed by atoms with Gasteiger partial charge in [0.25, 0.3) is 0 Å². The van der Waals surface area contributed by atoms with Gasteiger partial charge in [0.1, 0.15) is 5.75 Å². The van der Waals surface area contributed by atoms with Crippen molar-refractivity contribution in [1.82, 2.24) is 0 Å². The summed E-state index contributed by atoms with van der Waals surface area (Å²) in [6.07, 6.45) is 3.48. The Morgan fingerprint density at radius 2 is 1.96 bits per heavy atom. The third-order valence-corrected chi connectivity index (χ3v) is 4.69. The highest BCUT2D eigenvalue weighted by Crippen LogP contribution is 2.26. The van der Waals surface area contributed by atoms with Gasteiger partial charge in [-0.25, -0.2) is 4.79 Å². The van der Waals surface area contributed by atoms with Crippen LogP contribution in [0.1, 0.15) is 35.7 Å². The summed E-state index contributed by atoms with van der Waals surface area (Å²) < 4.78 is 6.98. The summed E-state index contributed by atoms with van der Waals surface area (Å²) >= 11 is 4.29. The average Bonchev–Trinajstić information content (AvgIpc) is 2.57. The Morgan fingerprint density at radius 3 is 2.62 bits per heavy atom. The molecule has 24 heavy (non-hydrogen) atoms. The van der Waals surface area contributed by atoms with Gasteiger partial charge in [0, 0.05) is 15.3 Å². The largest absolute Gasteiger partial charge is 0.506 e. The van der Waals surface area contributed by atoms with Crippen LogP contribution >= 0.6 is 45.2 Å². The Morgan fingerprint density at radius 1 is 1.25 bits per heavy atom. The maximum atomic E-state index is 11.8. The molecule has 0 aliphatic carbocycles. The lowest BCUT2D eigenvalue weighted by molar-refractivity contribution is 0.0500. The molecule has 0 fully saturated rings. The van der Waals surface area contributed by atoms with Gasteiger partial charge in [0.2, 0.25) is 0 Å². The normalized spacial score (nSPS) is 11.0. The maximum absolute atomic E-state index is 11.8. The van der Waals surface area contributed by atoms with Crippen LogP contribution in [0.4, 0.5) is 5.69 Å². The first-order valence-electron chi connectivity index (χ1n) is 7.50. The summed E-state index contributed by atoms with van der Waals surface area (Å²) in [5.74, 6) is -0.0975. The molecule has 0 aromatic heterocycles. The van der Waals surface area contributed by atoms with E-state index in [1.54, 1.807) is 30.5 Å². The Balaban J connectivity index is 2.08. The molecule has 2 rings (SSSR count). The maximum Gasteiger partial charge on any atom is 0.338 e. The molecule has 0 unspecified atom stereocenters. The van der Waals surface area contributed by atoms with E-state index in [4.69, 9.17) is 4.74 Å². The number of carbonyl (C=O) groups is 1. The highest BCUT2D eigenvalue weighted by molar-refractivity contribution is 14.1. The smallest absolute Gasteiger partial charge is 0.338 e. The number of aromatic hydroxyl groups is 1. The molecule has 0 aliphatic heterocycles. The molecule has 0 saturated heterocycles. The fourth-order valence-corrected chi connectivity index (χ4v) is 3.79. The number of unbranched alkanes of at least 4 members (excludes halogenated alkanes) is 1. The van der Waals surface area contributed by atoms with Crippen molar-refractivity contribution in [2.75, 3.05) is 6.61 Å². The minimum absolute atomic E-state index is 0.218. The second kappa shape index (κ2) is 9.36. The molecular weight excluding hydrogens is 532 g/mol. The Hall–Kier alpha value is -1.16. The minimum Gasteiger partial charge on any atom is -0.506 e. The van der Waals surface area contributed by atoms with Crippen LogP contribution in [0.15, 0.2) is 41.4 Å². The van der Waals surface area contributed by atoms with E-state index in [2.05, 4.69) is 50.2 Å². The molecule has 0 bridgehead atoms. The first-order valence-corrected chi connectivity index (χ1v) is 9.66. The second-order valence-electron chi connectivity index (χ2n) is 5.12. The second-order valence-corrected chi connectivity index (χ2v) is 7.53. The molecule has 2 aromatic rings. The number of halogens is 2. The van der Waals surface area contributed by atoms with E-state index in [0.717, 1.165) is 20.0 Å². The van der Waals surface area contributed by atoms with E-state index in [1.807, 2.05) is 19.1 Å². The molecule has 0 radical (unpaired) electrons. The van der Waals surface area contributed by atoms with Crippen LogP contribution in [0, 0.1) is 7.14 Å². The van der Waals surface area contributed by atoms with Gasteiger partial charge in [-0.1, -0.05) is 13.3 Å². The first-order chi connectivity index (χ1) is 11.5. The number of rotatable bonds is 6. The molecule has 0 atom stereocenters. The number of ether oxygens (including phenoxy) is 1. The van der Waals surface area contributed by atoms with Crippen molar-refractivity contribution in [3.05, 3.63) is 54.7 Å². The fourth-order valence-electron chi connectivity index (χ4n) is 1.90. The summed E-state index contributed by atoms with van der Waals surface area (Å²) in [6, 6.07) is 10.7. The summed E-state index contributed by atoms with van der Waals surface area (Å²) in [5.41, 5.74) is 1.87. The number of esters is 1. The van der Waals surface area contributed by atoms with Gasteiger partial charge in [-0.2, -0.15) is 0 Å². The van der Waals surface area contributed by atoms with Crippen molar-refractivity contribution in [1.29, 1.82) is 0 Å². The molecular formula is C18H17I2NO3. The molecule has 0 spiro atoms. The highest BCUT2D eigenvalue weighted by atomic mass is 127. The van der Waals surface area contributed by atoms with Crippen LogP contribution in [-0.4, -0.2) is 23.9 Å². The quantitative estimate of drug-likeness (QED) is 0.230. The van der Waals surface area contributed by atoms with Crippen molar-refractivity contribution < 1.29 is 14.6 Å². The van der Waals surface area contributed by atoms with Crippen molar-refractivity contribution in [2.24, 2.45) is 4.99 Å². The Bertz CT molecular complexity index is 743. The Labute approximate surface area is 168 Å². The van der Waals surface area contributed by atoms with Gasteiger partial charge in [-0.3, -0.25) is 4.99 Å². The van der Waals surface area contributed by atoms with Gasteiger partial charge in [-0.05, 0) is 88.0 Å². The number of phenolic OH excluding ortho intramolecular Hbond substituents is 1. The van der Waals surface area contributed by atoms with Crippen LogP contribution in [0.2, 0.25) is 0 Å². The van der Waals surface area contributed by atoms with Gasteiger partial charge in [0.15, 0.2) is 0 Å². The fraction of sp³-hybridized carbons (Fsp3) is 0.222. The summed E-state index contributed by atoms with van der Waals surface area (Å²) in [4.78, 5) is 16.2. The third kappa shape index (κ3) is 5.44. The summed E-state index contributed by atoms with van der Waals surface area (Å²) in [6.45, 7) is 2.49. The molecule has 0 heterocycles. The number of benzene rings is 2. The zero-order valence-corrected chi connectivity index (χ0v) is 17.4. The summed E-state index contributed by atoms with van der Waals surface area (Å²) in [5, 5.41) is 10.1. The Kier molecular flexibility index (Phi) is 7.47. The minimum atomic E-state index is -0.316. The zero-order chi connectivity index (χ0) is 17.5. The lowest BCUT2D eigenvalue weighted by Gasteiger charge is -2.04. The van der Waals surface area contributed by atoms with Gasteiger partial charge in [-0.15, -0.1) is 0 Å². The number of nitrogens with zero attached hydrogens (tertiary/aromatic N) is 1. The van der Waals surface area contributed by atoms with Crippen LogP contribution in [0.5, 0.6) is 5.75 Å². The lowest BCUT2D eigenvalue weighted by Crippen LogP contribution is -2.05. The van der Waals surface area contributed by atoms with Crippen molar-refractivity contribution in [3.8, 4) is 5.75 Å². The lowest BCUT2D eigenvalue weighted by atomic mass is 10.2. The van der Waals surface area contributed by atoms with E-state index in [1.165, 1.54) is 0 Å². The van der Waals surface area contributed by atoms with E-state index in [9.17, 15) is 9.90 Å². The predicted octanol–water partition coefficient (Wildman–Crippen LogP) is 5.31. The molecule has 2 aromatic carbocycles. The van der Waals surface area contributed by atoms with Crippen LogP contribution < -0.4 is 0 Å². The van der Waals surface area contributed by atoms with Crippen LogP contribution in [0.3, 0.4) is 0 Å². The average molecular weight is 549 g/mol. The molecule has 0 aliphatic rings. The van der Waals surface area contributed by atoms with E-state index >= 15 is 0 Å². The standard InChI is InChI=1S/C18H17I2NO3/c1-2-3-8-24-18(23)12-4-6-15(7-5-12)21-11-13-9-14(19)10-16(20)17(13)22/h4-7,9-11,22H,2-3,8H2,1H3. The van der Waals surface area contributed by atoms with Crippen LogP contribution in [0.25, 0.3) is 0 Å². The molecule has 1 N–H and O–H groups in total. The number of hydrogen-bond acceptors (Lipinski definition) is 4. The molecule has 6 heteroatoms. The monoisotopic (exact) mass is 549 g/mol. The molecule has 126 valence electrons. The molecule has 0 amide bonds. The van der Waals surface area contributed by atoms with Crippen molar-refractivity contribution >= 4 is 63.1 Å². The number of phenols is 1. The highest BCUT2D eigenvalue weighted by Gasteiger charge is 2.07. The predicted molar refractivity (Wildman–Crippen MR) is 112 cm³/mol. The molecule has 0 saturated carbocycles. The number of aliphatic imine (C=N–C) groups is 1. The van der Waals surface area contributed by atoms with Gasteiger partial charge in [0.05, 0.1) is 21.4 Å². The van der Waals surface area contributed by atoms with Crippen LogP contribution in [-0.2, 0) is 4.74 Å². The van der Waals surface area contributed by atoms with E-state index in [-0.39, 0.29) is 11.7 Å². The summed E-state index contributed by atoms with van der Waals surface area (Å²) in [7, 11) is 0. The van der Waals surface area contributed by atoms with Gasteiger partial charge >= 0.3 is 5.97 Å². The zero-order valence-electron chi connectivity index (χ0n) is 13.1. The SMILES string of the molecule is CCCCOC(=O)c1ccc(N=Cc2cc(I)cc(I)c2O)cc1. The van der Waals surface area contributed by atoms with Gasteiger partial charge < -0.3 is 9.84 Å².